The van der Waals surface area contributed by atoms with Crippen molar-refractivity contribution < 1.29 is 42.9 Å². The SMILES string of the molecule is Cc1noc(C)c1-c1cc(C(O)(c2ccccn2)c2ccccn2)c2nc(C3CC3)[nH]c2c1F.Cc1noc(C)c1-c1cc(C(O)(c2ccccn2)c2nccs2)c2nc(C3CC3)[nH]c2c1.Cc1noc(C)c1-c1cc(C(O)(c2cncnc2)c2ccccn2)c2nc(C3CC3)[nH]c2c1.Cc1noc(C)c1-c1cc(C(O)(c2nccs2)c2nccs2)c2nc(C3CC3)[nH]c2c1. The number of nitrogens with one attached hydrogen (secondary N) is 4. The summed E-state index contributed by atoms with van der Waals surface area (Å²) in [6.45, 7) is 14.9. The van der Waals surface area contributed by atoms with Crippen LogP contribution in [0.15, 0.2) is 212 Å². The predicted molar refractivity (Wildman–Crippen MR) is 486 cm³/mol. The van der Waals surface area contributed by atoms with Crippen molar-refractivity contribution in [1.29, 1.82) is 0 Å². The van der Waals surface area contributed by atoms with Crippen LogP contribution in [0.2, 0.25) is 0 Å². The van der Waals surface area contributed by atoms with Crippen LogP contribution < -0.4 is 0 Å². The molecule has 0 spiro atoms. The lowest BCUT2D eigenvalue weighted by molar-refractivity contribution is 0.117. The largest absolute Gasteiger partial charge is 0.374 e. The Morgan fingerprint density at radius 3 is 1.02 bits per heavy atom. The van der Waals surface area contributed by atoms with Crippen molar-refractivity contribution >= 4 is 78.1 Å². The van der Waals surface area contributed by atoms with Gasteiger partial charge in [0, 0.05) is 146 Å². The van der Waals surface area contributed by atoms with Gasteiger partial charge in [0.2, 0.25) is 0 Å². The lowest BCUT2D eigenvalue weighted by atomic mass is 9.82. The predicted octanol–water partition coefficient (Wildman–Crippen LogP) is 18.9. The van der Waals surface area contributed by atoms with E-state index in [1.54, 1.807) is 118 Å². The highest BCUT2D eigenvalue weighted by molar-refractivity contribution is 7.11. The number of halogens is 1. The molecule has 8 N–H and O–H groups in total. The van der Waals surface area contributed by atoms with Crippen molar-refractivity contribution in [3.63, 3.8) is 0 Å². The lowest BCUT2D eigenvalue weighted by Gasteiger charge is -2.29. The molecular formula is C97H84FN21O8S3. The van der Waals surface area contributed by atoms with Crippen LogP contribution in [0.1, 0.15) is 210 Å². The third-order valence-electron chi connectivity index (χ3n) is 24.6. The molecule has 0 aliphatic heterocycles. The number of fused-ring (bicyclic) bond motifs is 4. The zero-order chi connectivity index (χ0) is 89.1. The summed E-state index contributed by atoms with van der Waals surface area (Å²) in [5, 5.41) is 73.0. The molecule has 33 heteroatoms. The van der Waals surface area contributed by atoms with Gasteiger partial charge in [-0.3, -0.25) is 19.9 Å². The molecule has 4 saturated carbocycles. The second kappa shape index (κ2) is 32.9. The molecule has 4 aromatic carbocycles. The number of hydrogen-bond donors (Lipinski definition) is 8. The molecule has 130 heavy (non-hydrogen) atoms. The molecular weight excluding hydrogens is 1700 g/mol. The number of hydrogen-bond acceptors (Lipinski definition) is 28. The van der Waals surface area contributed by atoms with E-state index in [1.165, 1.54) is 40.3 Å². The fourth-order valence-electron chi connectivity index (χ4n) is 17.6. The Bertz CT molecular complexity index is 7360. The Morgan fingerprint density at radius 1 is 0.354 bits per heavy atom. The number of aromatic nitrogens is 21. The molecule has 0 amide bonds. The zero-order valence-electron chi connectivity index (χ0n) is 71.6. The third-order valence-corrected chi connectivity index (χ3v) is 27.2. The Balaban J connectivity index is 0.000000105. The molecule has 0 bridgehead atoms. The van der Waals surface area contributed by atoms with E-state index >= 15 is 4.39 Å². The van der Waals surface area contributed by atoms with Gasteiger partial charge in [0.25, 0.3) is 0 Å². The van der Waals surface area contributed by atoms with Gasteiger partial charge in [-0.2, -0.15) is 0 Å². The van der Waals surface area contributed by atoms with Gasteiger partial charge in [-0.25, -0.2) is 49.2 Å². The molecule has 24 rings (SSSR count). The summed E-state index contributed by atoms with van der Waals surface area (Å²) in [5.74, 6) is 7.37. The van der Waals surface area contributed by atoms with E-state index in [4.69, 9.17) is 38.0 Å². The molecule has 0 radical (unpaired) electrons. The van der Waals surface area contributed by atoms with Gasteiger partial charge in [0.15, 0.2) is 28.2 Å². The second-order valence-corrected chi connectivity index (χ2v) is 36.2. The van der Waals surface area contributed by atoms with Crippen LogP contribution in [0.5, 0.6) is 0 Å². The molecule has 4 aliphatic carbocycles. The number of aliphatic hydroxyl groups is 4. The number of thiazole rings is 3. The Hall–Kier alpha value is -14.1. The van der Waals surface area contributed by atoms with Gasteiger partial charge < -0.3 is 58.5 Å². The van der Waals surface area contributed by atoms with Crippen molar-refractivity contribution in [1.82, 2.24) is 105 Å². The highest BCUT2D eigenvalue weighted by atomic mass is 32.1. The van der Waals surface area contributed by atoms with E-state index in [0.717, 1.165) is 164 Å². The fourth-order valence-corrected chi connectivity index (χ4v) is 19.9. The standard InChI is InChI=1S/C26H22FN5O2.C25H22N6O2.C24H21N5O2S.C22H19N5O2S2/c1-14-21(15(2)34-32-14)17-13-18(23-24(22(17)27)31-25(30-23)16-9-10-16)26(33,19-7-3-5-11-28-19)20-8-4-6-12-29-20;1-14-22(15(2)33-31-14)17-9-19(23-20(10-17)29-24(30-23)16-6-7-16)25(32,18-11-26-13-27-12-18)21-5-3-4-8-28-21;1-13-20(14(2)31-29-13)16-11-17(21-18(12-16)27-22(28-21)15-6-7-15)24(30,23-26-9-10-32-23)19-5-3-4-8-25-19;1-11-17(12(2)29-27-11)14-9-15(18-16(10-14)25-19(26-18)13-3-4-13)22(28,20-23-5-7-30-20)21-24-6-8-31-21/h3-8,11-13,16,33H,9-10H2,1-2H3,(H,30,31);3-5,8-13,16,32H,6-7H2,1-2H3,(H,29,30);3-5,8-12,15,30H,6-7H2,1-2H3,(H,27,28);5-10,13,28H,3-4H2,1-2H3,(H,25,26). The van der Waals surface area contributed by atoms with Crippen LogP contribution >= 0.6 is 34.0 Å². The smallest absolute Gasteiger partial charge is 0.195 e. The maximum absolute atomic E-state index is 16.0. The van der Waals surface area contributed by atoms with Crippen molar-refractivity contribution in [2.75, 3.05) is 0 Å². The van der Waals surface area contributed by atoms with Crippen LogP contribution in [0.4, 0.5) is 4.39 Å². The van der Waals surface area contributed by atoms with Crippen LogP contribution in [0, 0.1) is 61.2 Å². The first kappa shape index (κ1) is 82.9. The average Bonchev–Trinajstić information content (AvgIpc) is 1.56. The molecule has 2 unspecified atom stereocenters. The Kier molecular flexibility index (Phi) is 21.0. The average molecular weight is 1790 g/mol. The maximum atomic E-state index is 16.0. The third kappa shape index (κ3) is 14.7. The summed E-state index contributed by atoms with van der Waals surface area (Å²) in [5.41, 5.74) is 12.6. The van der Waals surface area contributed by atoms with E-state index in [1.807, 2.05) is 112 Å². The molecule has 2 atom stereocenters. The number of aromatic amines is 4. The second-order valence-electron chi connectivity index (χ2n) is 33.5. The number of pyridine rings is 4. The van der Waals surface area contributed by atoms with Gasteiger partial charge in [-0.15, -0.1) is 34.0 Å². The molecule has 16 heterocycles. The first-order valence-corrected chi connectivity index (χ1v) is 45.4. The summed E-state index contributed by atoms with van der Waals surface area (Å²) in [6, 6.07) is 35.3. The van der Waals surface area contributed by atoms with Crippen LogP contribution in [-0.2, 0) is 22.4 Å². The highest BCUT2D eigenvalue weighted by Crippen LogP contribution is 2.52. The van der Waals surface area contributed by atoms with Crippen LogP contribution in [0.3, 0.4) is 0 Å². The Morgan fingerprint density at radius 2 is 0.677 bits per heavy atom. The summed E-state index contributed by atoms with van der Waals surface area (Å²) in [4.78, 5) is 73.0. The van der Waals surface area contributed by atoms with E-state index in [0.29, 0.717) is 117 Å². The van der Waals surface area contributed by atoms with Crippen LogP contribution in [0.25, 0.3) is 88.6 Å². The summed E-state index contributed by atoms with van der Waals surface area (Å²) in [7, 11) is 0. The summed E-state index contributed by atoms with van der Waals surface area (Å²) >= 11 is 4.20. The highest BCUT2D eigenvalue weighted by Gasteiger charge is 2.47. The number of benzene rings is 4. The van der Waals surface area contributed by atoms with Crippen molar-refractivity contribution in [3.05, 3.63) is 334 Å². The normalized spacial score (nSPS) is 15.0. The van der Waals surface area contributed by atoms with E-state index in [9.17, 15) is 20.4 Å². The van der Waals surface area contributed by atoms with Gasteiger partial charge in [-0.05, 0) is 214 Å². The maximum Gasteiger partial charge on any atom is 0.195 e. The fraction of sp³-hybridized carbons (Fsp3) is 0.247. The molecule has 20 aromatic rings. The number of rotatable bonds is 20. The molecule has 650 valence electrons. The minimum atomic E-state index is -1.78. The quantitative estimate of drug-likeness (QED) is 0.0351. The molecule has 4 fully saturated rings. The van der Waals surface area contributed by atoms with E-state index in [2.05, 4.69) is 97.6 Å². The number of H-pyrrole nitrogens is 4. The molecule has 0 saturated heterocycles. The molecule has 29 nitrogen and oxygen atoms in total. The number of imidazole rings is 4. The van der Waals surface area contributed by atoms with Gasteiger partial charge >= 0.3 is 0 Å². The summed E-state index contributed by atoms with van der Waals surface area (Å²) in [6.07, 6.45) is 25.1. The van der Waals surface area contributed by atoms with Gasteiger partial charge in [-0.1, -0.05) is 44.9 Å². The van der Waals surface area contributed by atoms with Crippen LogP contribution in [-0.4, -0.2) is 126 Å². The van der Waals surface area contributed by atoms with Gasteiger partial charge in [0.1, 0.15) is 73.2 Å². The summed E-state index contributed by atoms with van der Waals surface area (Å²) < 4.78 is 37.6. The zero-order valence-corrected chi connectivity index (χ0v) is 74.0. The molecule has 4 aliphatic rings. The van der Waals surface area contributed by atoms with Crippen molar-refractivity contribution in [3.8, 4) is 44.5 Å². The number of aryl methyl sites for hydroxylation is 8. The molecule has 16 aromatic heterocycles. The van der Waals surface area contributed by atoms with E-state index in [-0.39, 0.29) is 17.0 Å². The minimum Gasteiger partial charge on any atom is -0.374 e. The topological polar surface area (TPSA) is 416 Å². The van der Waals surface area contributed by atoms with E-state index < -0.39 is 28.2 Å². The van der Waals surface area contributed by atoms with Crippen molar-refractivity contribution in [2.24, 2.45) is 0 Å². The minimum absolute atomic E-state index is 0.236. The number of nitrogens with zero attached hydrogens (tertiary/aromatic N) is 17. The Labute approximate surface area is 753 Å². The van der Waals surface area contributed by atoms with Crippen molar-refractivity contribution in [2.45, 2.75) is 153 Å². The van der Waals surface area contributed by atoms with Gasteiger partial charge in [0.05, 0.1) is 89.7 Å². The first-order chi connectivity index (χ1) is 63.1. The first-order valence-electron chi connectivity index (χ1n) is 42.7. The lowest BCUT2D eigenvalue weighted by Crippen LogP contribution is -2.31. The monoisotopic (exact) mass is 1790 g/mol.